The van der Waals surface area contributed by atoms with Gasteiger partial charge < -0.3 is 24.4 Å². The van der Waals surface area contributed by atoms with E-state index < -0.39 is 35.6 Å². The average Bonchev–Trinajstić information content (AvgIpc) is 3.43. The molecule has 1 spiro atoms. The number of esters is 1. The summed E-state index contributed by atoms with van der Waals surface area (Å²) in [5.74, 6) is -3.01. The van der Waals surface area contributed by atoms with Crippen molar-refractivity contribution in [2.75, 3.05) is 31.2 Å². The summed E-state index contributed by atoms with van der Waals surface area (Å²) in [4.78, 5) is 43.7. The predicted octanol–water partition coefficient (Wildman–Crippen LogP) is 2.72. The molecule has 3 fully saturated rings. The van der Waals surface area contributed by atoms with Gasteiger partial charge in [-0.1, -0.05) is 58.4 Å². The summed E-state index contributed by atoms with van der Waals surface area (Å²) in [6.45, 7) is 7.51. The van der Waals surface area contributed by atoms with Crippen molar-refractivity contribution in [1.82, 2.24) is 4.90 Å². The zero-order valence-electron chi connectivity index (χ0n) is 19.1. The summed E-state index contributed by atoms with van der Waals surface area (Å²) < 4.78 is 11.7. The standard InChI is InChI=1S/C25H28BrClN2O6/c1-3-10-28(17-9-6-5-8-16(17)27)23(32)21-25-14-15(26)20(35-25)18(24(33)34-13-4-2)19(25)22(31)29(21)11-7-12-30/h3-6,8-9,15,18-21,30H,1-2,7,10-14H2/t15?,18-,19-,20-,21?,25?/m0/s1. The van der Waals surface area contributed by atoms with E-state index in [1.54, 1.807) is 30.3 Å². The lowest BCUT2D eigenvalue weighted by atomic mass is 9.70. The zero-order chi connectivity index (χ0) is 25.3. The largest absolute Gasteiger partial charge is 0.461 e. The molecule has 0 aliphatic carbocycles. The highest BCUT2D eigenvalue weighted by Crippen LogP contribution is 2.60. The Kier molecular flexibility index (Phi) is 7.71. The number of aliphatic hydroxyl groups excluding tert-OH is 1. The molecule has 3 saturated heterocycles. The number of halogens is 2. The second-order valence-corrected chi connectivity index (χ2v) is 10.5. The Bertz CT molecular complexity index is 1040. The molecule has 3 unspecified atom stereocenters. The van der Waals surface area contributed by atoms with E-state index in [0.717, 1.165) is 0 Å². The molecule has 0 aromatic heterocycles. The van der Waals surface area contributed by atoms with Crippen LogP contribution in [-0.4, -0.2) is 76.7 Å². The third-order valence-corrected chi connectivity index (χ3v) is 8.08. The van der Waals surface area contributed by atoms with Crippen molar-refractivity contribution >= 4 is 51.0 Å². The van der Waals surface area contributed by atoms with Crippen LogP contribution in [0.4, 0.5) is 5.69 Å². The Morgan fingerprint density at radius 1 is 1.34 bits per heavy atom. The van der Waals surface area contributed by atoms with Crippen LogP contribution < -0.4 is 4.90 Å². The van der Waals surface area contributed by atoms with Gasteiger partial charge in [-0.25, -0.2) is 0 Å². The van der Waals surface area contributed by atoms with Gasteiger partial charge in [0.05, 0.1) is 28.6 Å². The maximum atomic E-state index is 14.2. The highest BCUT2D eigenvalue weighted by Gasteiger charge is 2.77. The molecule has 8 nitrogen and oxygen atoms in total. The zero-order valence-corrected chi connectivity index (χ0v) is 21.5. The Morgan fingerprint density at radius 2 is 2.09 bits per heavy atom. The maximum absolute atomic E-state index is 14.2. The number of hydrogen-bond acceptors (Lipinski definition) is 6. The van der Waals surface area contributed by atoms with E-state index in [2.05, 4.69) is 29.1 Å². The minimum atomic E-state index is -1.22. The molecular formula is C25H28BrClN2O6. The van der Waals surface area contributed by atoms with Crippen molar-refractivity contribution in [2.24, 2.45) is 11.8 Å². The molecule has 0 saturated carbocycles. The molecule has 1 N–H and O–H groups in total. The topological polar surface area (TPSA) is 96.4 Å². The summed E-state index contributed by atoms with van der Waals surface area (Å²) in [6.07, 6.45) is 3.08. The highest BCUT2D eigenvalue weighted by atomic mass is 79.9. The number of amides is 2. The molecule has 1 aromatic carbocycles. The SMILES string of the molecule is C=CCOC(=O)[C@H]1[C@H]2C(=O)N(CCCO)C(C(=O)N(CC=C)c3ccccc3Cl)C23CC(Br)[C@@H]1O3. The molecule has 3 aliphatic rings. The molecule has 0 radical (unpaired) electrons. The fourth-order valence-electron chi connectivity index (χ4n) is 5.65. The smallest absolute Gasteiger partial charge is 0.312 e. The summed E-state index contributed by atoms with van der Waals surface area (Å²) in [6, 6.07) is 5.93. The van der Waals surface area contributed by atoms with E-state index >= 15 is 0 Å². The van der Waals surface area contributed by atoms with Crippen LogP contribution in [0.2, 0.25) is 5.02 Å². The Morgan fingerprint density at radius 3 is 2.74 bits per heavy atom. The number of nitrogens with zero attached hydrogens (tertiary/aromatic N) is 2. The molecular weight excluding hydrogens is 540 g/mol. The third kappa shape index (κ3) is 4.22. The van der Waals surface area contributed by atoms with Crippen LogP contribution in [0.1, 0.15) is 12.8 Å². The van der Waals surface area contributed by atoms with Gasteiger partial charge in [0.1, 0.15) is 18.2 Å². The monoisotopic (exact) mass is 566 g/mol. The van der Waals surface area contributed by atoms with Gasteiger partial charge in [-0.15, -0.1) is 6.58 Å². The summed E-state index contributed by atoms with van der Waals surface area (Å²) >= 11 is 10.0. The number of carbonyl (C=O) groups is 3. The van der Waals surface area contributed by atoms with Crippen LogP contribution >= 0.6 is 27.5 Å². The number of aliphatic hydroxyl groups is 1. The molecule has 2 amide bonds. The minimum absolute atomic E-state index is 0.0130. The molecule has 35 heavy (non-hydrogen) atoms. The van der Waals surface area contributed by atoms with Gasteiger partial charge in [0.15, 0.2) is 0 Å². The maximum Gasteiger partial charge on any atom is 0.312 e. The van der Waals surface area contributed by atoms with Crippen molar-refractivity contribution < 1.29 is 29.0 Å². The number of alkyl halides is 1. The third-order valence-electron chi connectivity index (χ3n) is 6.92. The Labute approximate surface area is 217 Å². The van der Waals surface area contributed by atoms with E-state index in [0.29, 0.717) is 17.1 Å². The first-order chi connectivity index (χ1) is 16.8. The van der Waals surface area contributed by atoms with E-state index in [9.17, 15) is 19.5 Å². The van der Waals surface area contributed by atoms with Crippen LogP contribution in [0.25, 0.3) is 0 Å². The minimum Gasteiger partial charge on any atom is -0.461 e. The fraction of sp³-hybridized carbons (Fsp3) is 0.480. The quantitative estimate of drug-likeness (QED) is 0.265. The van der Waals surface area contributed by atoms with Crippen LogP contribution in [0.15, 0.2) is 49.6 Å². The lowest BCUT2D eigenvalue weighted by Crippen LogP contribution is -2.57. The van der Waals surface area contributed by atoms with Gasteiger partial charge in [0.2, 0.25) is 5.91 Å². The molecule has 6 atom stereocenters. The van der Waals surface area contributed by atoms with Gasteiger partial charge in [-0.05, 0) is 25.0 Å². The van der Waals surface area contributed by atoms with Crippen LogP contribution in [0.5, 0.6) is 0 Å². The predicted molar refractivity (Wildman–Crippen MR) is 134 cm³/mol. The molecule has 188 valence electrons. The number of anilines is 1. The van der Waals surface area contributed by atoms with Gasteiger partial charge in [0, 0.05) is 24.5 Å². The fourth-order valence-corrected chi connectivity index (χ4v) is 6.83. The molecule has 1 aromatic rings. The molecule has 3 heterocycles. The Hall–Kier alpha value is -2.20. The van der Waals surface area contributed by atoms with Crippen LogP contribution in [0, 0.1) is 11.8 Å². The normalized spacial score (nSPS) is 30.8. The number of ether oxygens (including phenoxy) is 2. The van der Waals surface area contributed by atoms with Gasteiger partial charge in [-0.3, -0.25) is 14.4 Å². The van der Waals surface area contributed by atoms with Gasteiger partial charge >= 0.3 is 5.97 Å². The molecule has 2 bridgehead atoms. The first kappa shape index (κ1) is 25.9. The van der Waals surface area contributed by atoms with Crippen molar-refractivity contribution in [3.05, 3.63) is 54.6 Å². The number of hydrogen-bond donors (Lipinski definition) is 1. The molecule has 4 rings (SSSR count). The number of fused-ring (bicyclic) bond motifs is 1. The first-order valence-electron chi connectivity index (χ1n) is 11.5. The van der Waals surface area contributed by atoms with E-state index in [1.807, 2.05) is 0 Å². The Balaban J connectivity index is 1.78. The van der Waals surface area contributed by atoms with E-state index in [4.69, 9.17) is 21.1 Å². The van der Waals surface area contributed by atoms with Gasteiger partial charge in [-0.2, -0.15) is 0 Å². The van der Waals surface area contributed by atoms with Crippen LogP contribution in [0.3, 0.4) is 0 Å². The second-order valence-electron chi connectivity index (χ2n) is 8.88. The van der Waals surface area contributed by atoms with Crippen molar-refractivity contribution in [3.8, 4) is 0 Å². The van der Waals surface area contributed by atoms with Crippen molar-refractivity contribution in [2.45, 2.75) is 35.4 Å². The summed E-state index contributed by atoms with van der Waals surface area (Å²) in [5.41, 5.74) is -0.737. The number of rotatable bonds is 10. The number of likely N-dealkylation sites (tertiary alicyclic amines) is 1. The first-order valence-corrected chi connectivity index (χ1v) is 12.8. The second kappa shape index (κ2) is 10.4. The summed E-state index contributed by atoms with van der Waals surface area (Å²) in [7, 11) is 0. The number of carbonyl (C=O) groups excluding carboxylic acids is 3. The van der Waals surface area contributed by atoms with Crippen LogP contribution in [-0.2, 0) is 23.9 Å². The number of benzene rings is 1. The van der Waals surface area contributed by atoms with E-state index in [-0.39, 0.29) is 49.4 Å². The molecule has 3 aliphatic heterocycles. The number of para-hydroxylation sites is 1. The lowest BCUT2D eigenvalue weighted by molar-refractivity contribution is -0.153. The van der Waals surface area contributed by atoms with Crippen molar-refractivity contribution in [1.29, 1.82) is 0 Å². The average molecular weight is 568 g/mol. The van der Waals surface area contributed by atoms with Gasteiger partial charge in [0.25, 0.3) is 5.91 Å². The highest BCUT2D eigenvalue weighted by molar-refractivity contribution is 9.09. The molecule has 10 heteroatoms. The summed E-state index contributed by atoms with van der Waals surface area (Å²) in [5, 5.41) is 9.85. The van der Waals surface area contributed by atoms with E-state index in [1.165, 1.54) is 15.9 Å². The lowest BCUT2D eigenvalue weighted by Gasteiger charge is -2.37. The van der Waals surface area contributed by atoms with Crippen molar-refractivity contribution in [3.63, 3.8) is 0 Å².